The Labute approximate surface area is 157 Å². The lowest BCUT2D eigenvalue weighted by Crippen LogP contribution is -2.14. The summed E-state index contributed by atoms with van der Waals surface area (Å²) in [6.07, 6.45) is 2.95. The van der Waals surface area contributed by atoms with Gasteiger partial charge in [-0.3, -0.25) is 14.3 Å². The summed E-state index contributed by atoms with van der Waals surface area (Å²) >= 11 is 0. The summed E-state index contributed by atoms with van der Waals surface area (Å²) in [5, 5.41) is 2.71. The second-order valence-corrected chi connectivity index (χ2v) is 8.21. The van der Waals surface area contributed by atoms with E-state index >= 15 is 0 Å². The van der Waals surface area contributed by atoms with Crippen molar-refractivity contribution < 1.29 is 22.7 Å². The Balaban J connectivity index is 1.59. The van der Waals surface area contributed by atoms with Crippen molar-refractivity contribution in [2.24, 2.45) is 5.92 Å². The third-order valence-corrected chi connectivity index (χ3v) is 4.56. The van der Waals surface area contributed by atoms with E-state index in [0.29, 0.717) is 22.7 Å². The average molecular weight is 388 g/mol. The zero-order chi connectivity index (χ0) is 19.4. The molecule has 0 aliphatic heterocycles. The number of ether oxygens (including phenoxy) is 1. The molecule has 1 fully saturated rings. The molecular formula is C19H20N2O5S. The van der Waals surface area contributed by atoms with Crippen molar-refractivity contribution in [3.05, 3.63) is 54.1 Å². The molecule has 27 heavy (non-hydrogen) atoms. The number of rotatable bonds is 8. The third-order valence-electron chi connectivity index (χ3n) is 3.95. The number of carbonyl (C=O) groups excluding carboxylic acids is 2. The first-order chi connectivity index (χ1) is 12.8. The molecular weight excluding hydrogens is 368 g/mol. The van der Waals surface area contributed by atoms with Crippen LogP contribution in [0.15, 0.2) is 48.5 Å². The van der Waals surface area contributed by atoms with Crippen LogP contribution in [0.4, 0.5) is 11.4 Å². The second-order valence-electron chi connectivity index (χ2n) is 6.46. The van der Waals surface area contributed by atoms with E-state index in [0.717, 1.165) is 19.1 Å². The van der Waals surface area contributed by atoms with E-state index in [1.165, 1.54) is 6.07 Å². The lowest BCUT2D eigenvalue weighted by Gasteiger charge is -2.09. The Morgan fingerprint density at radius 1 is 1.07 bits per heavy atom. The molecule has 3 rings (SSSR count). The predicted molar refractivity (Wildman–Crippen MR) is 103 cm³/mol. The second kappa shape index (κ2) is 7.79. The van der Waals surface area contributed by atoms with Crippen LogP contribution in [0.5, 0.6) is 5.75 Å². The van der Waals surface area contributed by atoms with E-state index in [9.17, 15) is 18.0 Å². The maximum atomic E-state index is 12.3. The Bertz CT molecular complexity index is 950. The molecule has 0 aromatic heterocycles. The normalized spacial score (nSPS) is 13.7. The molecule has 1 saturated carbocycles. The highest BCUT2D eigenvalue weighted by molar-refractivity contribution is 7.92. The average Bonchev–Trinajstić information content (AvgIpc) is 3.44. The van der Waals surface area contributed by atoms with Crippen molar-refractivity contribution in [1.82, 2.24) is 0 Å². The number of hydrogen-bond acceptors (Lipinski definition) is 5. The van der Waals surface area contributed by atoms with Crippen molar-refractivity contribution in [2.75, 3.05) is 22.9 Å². The molecule has 0 bridgehead atoms. The molecule has 1 aliphatic rings. The summed E-state index contributed by atoms with van der Waals surface area (Å²) in [7, 11) is -3.39. The van der Waals surface area contributed by atoms with Crippen molar-refractivity contribution in [3.8, 4) is 5.75 Å². The predicted octanol–water partition coefficient (Wildman–Crippen LogP) is 2.67. The van der Waals surface area contributed by atoms with E-state index in [2.05, 4.69) is 10.0 Å². The lowest BCUT2D eigenvalue weighted by atomic mass is 10.2. The number of hydrogen-bond donors (Lipinski definition) is 2. The molecule has 2 N–H and O–H groups in total. The van der Waals surface area contributed by atoms with Gasteiger partial charge in [0.25, 0.3) is 5.91 Å². The van der Waals surface area contributed by atoms with Crippen LogP contribution < -0.4 is 14.8 Å². The molecule has 8 heteroatoms. The number of sulfonamides is 1. The highest BCUT2D eigenvalue weighted by Gasteiger charge is 2.29. The number of Topliss-reactive ketones (excluding diaryl/α,β-unsaturated/α-hetero) is 1. The molecule has 0 unspecified atom stereocenters. The monoisotopic (exact) mass is 388 g/mol. The Morgan fingerprint density at radius 2 is 1.74 bits per heavy atom. The molecule has 0 radical (unpaired) electrons. The van der Waals surface area contributed by atoms with Gasteiger partial charge in [-0.25, -0.2) is 8.42 Å². The number of anilines is 2. The van der Waals surface area contributed by atoms with E-state index < -0.39 is 10.0 Å². The standard InChI is InChI=1S/C19H20N2O5S/c1-27(24,25)21-16-4-2-3-15(11-16)20-19(23)14-7-9-17(10-8-14)26-12-18(22)13-5-6-13/h2-4,7-11,13,21H,5-6,12H2,1H3,(H,20,23). The molecule has 0 heterocycles. The highest BCUT2D eigenvalue weighted by atomic mass is 32.2. The van der Waals surface area contributed by atoms with Gasteiger partial charge in [0, 0.05) is 17.2 Å². The van der Waals surface area contributed by atoms with Crippen molar-refractivity contribution in [2.45, 2.75) is 12.8 Å². The summed E-state index contributed by atoms with van der Waals surface area (Å²) in [6, 6.07) is 12.9. The van der Waals surface area contributed by atoms with Gasteiger partial charge in [-0.1, -0.05) is 6.07 Å². The van der Waals surface area contributed by atoms with Crippen LogP contribution >= 0.6 is 0 Å². The SMILES string of the molecule is CS(=O)(=O)Nc1cccc(NC(=O)c2ccc(OCC(=O)C3CC3)cc2)c1. The first-order valence-electron chi connectivity index (χ1n) is 8.45. The Hall–Kier alpha value is -2.87. The Kier molecular flexibility index (Phi) is 5.46. The van der Waals surface area contributed by atoms with E-state index in [1.54, 1.807) is 42.5 Å². The number of benzene rings is 2. The van der Waals surface area contributed by atoms with Crippen LogP contribution in [-0.4, -0.2) is 33.0 Å². The zero-order valence-electron chi connectivity index (χ0n) is 14.8. The number of nitrogens with one attached hydrogen (secondary N) is 2. The maximum absolute atomic E-state index is 12.3. The largest absolute Gasteiger partial charge is 0.486 e. The molecule has 142 valence electrons. The summed E-state index contributed by atoms with van der Waals surface area (Å²) in [5.74, 6) is 0.453. The van der Waals surface area contributed by atoms with Gasteiger partial charge in [-0.05, 0) is 55.3 Å². The van der Waals surface area contributed by atoms with Crippen molar-refractivity contribution in [1.29, 1.82) is 0 Å². The fraction of sp³-hybridized carbons (Fsp3) is 0.263. The fourth-order valence-electron chi connectivity index (χ4n) is 2.46. The number of carbonyl (C=O) groups is 2. The van der Waals surface area contributed by atoms with Gasteiger partial charge in [0.2, 0.25) is 10.0 Å². The number of amides is 1. The summed E-state index contributed by atoms with van der Waals surface area (Å²) in [5.41, 5.74) is 1.24. The minimum absolute atomic E-state index is 0.0519. The molecule has 0 spiro atoms. The van der Waals surface area contributed by atoms with Crippen LogP contribution in [0.3, 0.4) is 0 Å². The smallest absolute Gasteiger partial charge is 0.255 e. The summed E-state index contributed by atoms with van der Waals surface area (Å²) in [4.78, 5) is 24.0. The van der Waals surface area contributed by atoms with Gasteiger partial charge in [0.15, 0.2) is 5.78 Å². The van der Waals surface area contributed by atoms with Gasteiger partial charge < -0.3 is 10.1 Å². The molecule has 2 aromatic rings. The quantitative estimate of drug-likeness (QED) is 0.724. The third kappa shape index (κ3) is 5.82. The van der Waals surface area contributed by atoms with Crippen LogP contribution in [0.25, 0.3) is 0 Å². The summed E-state index contributed by atoms with van der Waals surface area (Å²) in [6.45, 7) is 0.0519. The molecule has 0 saturated heterocycles. The minimum Gasteiger partial charge on any atom is -0.486 e. The molecule has 7 nitrogen and oxygen atoms in total. The zero-order valence-corrected chi connectivity index (χ0v) is 15.6. The first-order valence-corrected chi connectivity index (χ1v) is 10.3. The number of ketones is 1. The first kappa shape index (κ1) is 18.9. The van der Waals surface area contributed by atoms with Crippen LogP contribution in [0, 0.1) is 5.92 Å². The molecule has 2 aromatic carbocycles. The van der Waals surface area contributed by atoms with Gasteiger partial charge in [-0.2, -0.15) is 0 Å². The van der Waals surface area contributed by atoms with E-state index in [1.807, 2.05) is 0 Å². The van der Waals surface area contributed by atoms with Crippen molar-refractivity contribution in [3.63, 3.8) is 0 Å². The van der Waals surface area contributed by atoms with Crippen LogP contribution in [-0.2, 0) is 14.8 Å². The van der Waals surface area contributed by atoms with Crippen LogP contribution in [0.1, 0.15) is 23.2 Å². The van der Waals surface area contributed by atoms with Gasteiger partial charge >= 0.3 is 0 Å². The van der Waals surface area contributed by atoms with Gasteiger partial charge in [0.05, 0.1) is 11.9 Å². The van der Waals surface area contributed by atoms with E-state index in [-0.39, 0.29) is 24.2 Å². The fourth-order valence-corrected chi connectivity index (χ4v) is 3.01. The lowest BCUT2D eigenvalue weighted by molar-refractivity contribution is -0.122. The van der Waals surface area contributed by atoms with Gasteiger partial charge in [0.1, 0.15) is 12.4 Å². The molecule has 1 amide bonds. The van der Waals surface area contributed by atoms with Crippen LogP contribution in [0.2, 0.25) is 0 Å². The minimum atomic E-state index is -3.39. The summed E-state index contributed by atoms with van der Waals surface area (Å²) < 4.78 is 30.4. The highest BCUT2D eigenvalue weighted by Crippen LogP contribution is 2.30. The van der Waals surface area contributed by atoms with Crippen molar-refractivity contribution >= 4 is 33.1 Å². The van der Waals surface area contributed by atoms with Gasteiger partial charge in [-0.15, -0.1) is 0 Å². The van der Waals surface area contributed by atoms with E-state index in [4.69, 9.17) is 4.74 Å². The molecule has 0 atom stereocenters. The topological polar surface area (TPSA) is 102 Å². The Morgan fingerprint density at radius 3 is 2.37 bits per heavy atom. The maximum Gasteiger partial charge on any atom is 0.255 e. The molecule has 1 aliphatic carbocycles.